The van der Waals surface area contributed by atoms with Gasteiger partial charge in [-0.15, -0.1) is 0 Å². The molecule has 6 aromatic carbocycles. The Kier molecular flexibility index (Phi) is 42.6. The summed E-state index contributed by atoms with van der Waals surface area (Å²) in [6.45, 7) is 7.93. The van der Waals surface area contributed by atoms with Crippen LogP contribution in [0.4, 0.5) is 0 Å². The van der Waals surface area contributed by atoms with E-state index in [0.29, 0.717) is 33.0 Å². The molecule has 0 radical (unpaired) electrons. The first kappa shape index (κ1) is 81.5. The van der Waals surface area contributed by atoms with E-state index < -0.39 is 61.4 Å². The molecule has 10 atom stereocenters. The highest BCUT2D eigenvalue weighted by atomic mass is 16.8. The fourth-order valence-corrected chi connectivity index (χ4v) is 14.1. The van der Waals surface area contributed by atoms with Gasteiger partial charge in [0.1, 0.15) is 48.8 Å². The maximum absolute atomic E-state index is 7.59. The third kappa shape index (κ3) is 33.3. The first-order valence-corrected chi connectivity index (χ1v) is 40.2. The Morgan fingerprint density at radius 2 is 0.446 bits per heavy atom. The van der Waals surface area contributed by atoms with E-state index in [1.807, 2.05) is 84.9 Å². The number of benzene rings is 6. The van der Waals surface area contributed by atoms with Crippen LogP contribution in [0.1, 0.15) is 253 Å². The second kappa shape index (κ2) is 52.8. The highest BCUT2D eigenvalue weighted by Crippen LogP contribution is 2.37. The number of unbranched alkanes of at least 4 members (excludes halogenated alkanes) is 30. The monoisotopic (exact) mass is 1390 g/mol. The van der Waals surface area contributed by atoms with Gasteiger partial charge in [0, 0.05) is 13.2 Å². The zero-order valence-corrected chi connectivity index (χ0v) is 62.3. The van der Waals surface area contributed by atoms with Gasteiger partial charge >= 0.3 is 0 Å². The van der Waals surface area contributed by atoms with Gasteiger partial charge in [-0.3, -0.25) is 0 Å². The smallest absolute Gasteiger partial charge is 0.190 e. The molecule has 0 N–H and O–H groups in total. The lowest BCUT2D eigenvalue weighted by Crippen LogP contribution is -2.66. The van der Waals surface area contributed by atoms with Gasteiger partial charge in [0.25, 0.3) is 0 Å². The third-order valence-corrected chi connectivity index (χ3v) is 20.0. The summed E-state index contributed by atoms with van der Waals surface area (Å²) >= 11 is 0. The van der Waals surface area contributed by atoms with Crippen LogP contribution in [0.25, 0.3) is 0 Å². The molecule has 101 heavy (non-hydrogen) atoms. The molecule has 11 nitrogen and oxygen atoms in total. The summed E-state index contributed by atoms with van der Waals surface area (Å²) in [4.78, 5) is 0. The first-order chi connectivity index (χ1) is 50.1. The van der Waals surface area contributed by atoms with Crippen molar-refractivity contribution in [1.29, 1.82) is 0 Å². The van der Waals surface area contributed by atoms with Crippen LogP contribution in [0.3, 0.4) is 0 Å². The normalized spacial score (nSPS) is 20.7. The van der Waals surface area contributed by atoms with Crippen LogP contribution in [0, 0.1) is 0 Å². The second-order valence-electron chi connectivity index (χ2n) is 28.5. The summed E-state index contributed by atoms with van der Waals surface area (Å²) in [7, 11) is 0. The predicted octanol–water partition coefficient (Wildman–Crippen LogP) is 22.5. The Hall–Kier alpha value is -5.12. The van der Waals surface area contributed by atoms with Crippen LogP contribution in [-0.4, -0.2) is 87.8 Å². The number of rotatable bonds is 58. The summed E-state index contributed by atoms with van der Waals surface area (Å²) in [5.74, 6) is 0. The minimum absolute atomic E-state index is 0.167. The largest absolute Gasteiger partial charge is 0.374 e. The van der Waals surface area contributed by atoms with Crippen molar-refractivity contribution in [3.05, 3.63) is 215 Å². The fraction of sp³-hybridized carbons (Fsp3) is 0.600. The lowest BCUT2D eigenvalue weighted by atomic mass is 9.96. The maximum Gasteiger partial charge on any atom is 0.190 e. The van der Waals surface area contributed by atoms with E-state index in [2.05, 4.69) is 111 Å². The molecular weight excluding hydrogens is 1260 g/mol. The van der Waals surface area contributed by atoms with Gasteiger partial charge in [0.2, 0.25) is 0 Å². The van der Waals surface area contributed by atoms with Crippen LogP contribution in [0.15, 0.2) is 182 Å². The van der Waals surface area contributed by atoms with Gasteiger partial charge in [0.15, 0.2) is 12.6 Å². The first-order valence-electron chi connectivity index (χ1n) is 40.2. The fourth-order valence-electron chi connectivity index (χ4n) is 14.1. The van der Waals surface area contributed by atoms with E-state index >= 15 is 0 Å². The van der Waals surface area contributed by atoms with E-state index in [4.69, 9.17) is 52.1 Å². The van der Waals surface area contributed by atoms with Crippen molar-refractivity contribution in [3.63, 3.8) is 0 Å². The summed E-state index contributed by atoms with van der Waals surface area (Å²) < 4.78 is 79.3. The van der Waals surface area contributed by atoms with Crippen LogP contribution < -0.4 is 0 Å². The summed E-state index contributed by atoms with van der Waals surface area (Å²) in [5, 5.41) is 0. The van der Waals surface area contributed by atoms with Crippen LogP contribution in [0.2, 0.25) is 0 Å². The molecule has 2 aliphatic heterocycles. The average molecular weight is 1390 g/mol. The molecule has 0 aromatic heterocycles. The molecule has 2 heterocycles. The van der Waals surface area contributed by atoms with Crippen LogP contribution in [0.5, 0.6) is 0 Å². The lowest BCUT2D eigenvalue weighted by molar-refractivity contribution is -0.394. The van der Waals surface area contributed by atoms with Crippen molar-refractivity contribution in [3.8, 4) is 0 Å². The quantitative estimate of drug-likeness (QED) is 0.0341. The van der Waals surface area contributed by atoms with Crippen molar-refractivity contribution < 1.29 is 52.1 Å². The standard InChI is InChI=1S/C90H130O11/c1-3-5-7-9-11-13-15-17-19-21-23-25-27-29-31-51-65-93-83-81(73-91-67-75-53-39-33-40-54-75)99-89(87(97-71-79-61-47-37-48-62-79)85(83)94-66-52-32-30-28-26-24-22-20-18-16-14-12-10-8-6-4-2)101-90-88(98-72-80-63-49-38-50-64-80)86(96-70-78-59-45-36-46-60-78)84(95-69-77-57-43-35-44-58-77)82(100-90)74-92-68-76-55-41-34-42-56-76/h33-50,53-64,81-90H,3-32,51-52,65-74H2,1-2H3/t81-,82-,83-,84-,85+,86+,87-,88-,89-,90-/m1/s1. The average Bonchev–Trinajstić information content (AvgIpc) is 0.774. The molecule has 2 saturated heterocycles. The zero-order valence-electron chi connectivity index (χ0n) is 62.3. The van der Waals surface area contributed by atoms with Gasteiger partial charge in [-0.05, 0) is 46.2 Å². The maximum atomic E-state index is 7.59. The second-order valence-corrected chi connectivity index (χ2v) is 28.5. The van der Waals surface area contributed by atoms with Crippen molar-refractivity contribution in [2.45, 2.75) is 320 Å². The van der Waals surface area contributed by atoms with E-state index in [0.717, 1.165) is 59.1 Å². The van der Waals surface area contributed by atoms with Crippen molar-refractivity contribution in [2.24, 2.45) is 0 Å². The number of hydrogen-bond donors (Lipinski definition) is 0. The third-order valence-electron chi connectivity index (χ3n) is 20.0. The highest BCUT2D eigenvalue weighted by molar-refractivity contribution is 5.18. The molecule has 2 aliphatic rings. The topological polar surface area (TPSA) is 102 Å². The van der Waals surface area contributed by atoms with E-state index in [9.17, 15) is 0 Å². The van der Waals surface area contributed by atoms with E-state index in [1.165, 1.54) is 180 Å². The molecule has 556 valence electrons. The van der Waals surface area contributed by atoms with E-state index in [1.54, 1.807) is 0 Å². The molecule has 0 aliphatic carbocycles. The highest BCUT2D eigenvalue weighted by Gasteiger charge is 2.54. The minimum atomic E-state index is -1.09. The SMILES string of the molecule is CCCCCCCCCCCCCCCCCCO[C@@H]1[C@@H](OCc2ccccc2)[C@@H](O[C@H]2O[C@H](COCc3ccccc3)[C@@H](OCc3ccccc3)[C@H](OCc3ccccc3)[C@H]2OCc2ccccc2)O[C@H](COCc2ccccc2)[C@H]1OCCCCCCCCCCCCCCCCCC. The Balaban J connectivity index is 1.05. The van der Waals surface area contributed by atoms with E-state index in [-0.39, 0.29) is 33.0 Å². The van der Waals surface area contributed by atoms with Crippen molar-refractivity contribution in [1.82, 2.24) is 0 Å². The Morgan fingerprint density at radius 3 is 0.733 bits per heavy atom. The van der Waals surface area contributed by atoms with Gasteiger partial charge < -0.3 is 52.1 Å². The van der Waals surface area contributed by atoms with Gasteiger partial charge in [0.05, 0.1) is 52.9 Å². The summed E-state index contributed by atoms with van der Waals surface area (Å²) in [5.41, 5.74) is 6.15. The molecular formula is C90H130O11. The molecule has 0 bridgehead atoms. The van der Waals surface area contributed by atoms with Crippen molar-refractivity contribution >= 4 is 0 Å². The van der Waals surface area contributed by atoms with Crippen molar-refractivity contribution in [2.75, 3.05) is 26.4 Å². The summed E-state index contributed by atoms with van der Waals surface area (Å²) in [6.07, 6.45) is 33.9. The molecule has 0 unspecified atom stereocenters. The van der Waals surface area contributed by atoms with Crippen LogP contribution >= 0.6 is 0 Å². The Bertz CT molecular complexity index is 2850. The molecule has 0 spiro atoms. The zero-order chi connectivity index (χ0) is 69.9. The van der Waals surface area contributed by atoms with Gasteiger partial charge in [-0.2, -0.15) is 0 Å². The molecule has 6 aromatic rings. The number of hydrogen-bond acceptors (Lipinski definition) is 11. The summed E-state index contributed by atoms with van der Waals surface area (Å²) in [6, 6.07) is 61.6. The van der Waals surface area contributed by atoms with Crippen LogP contribution in [-0.2, 0) is 91.7 Å². The Labute approximate surface area is 611 Å². The Morgan fingerprint density at radius 1 is 0.228 bits per heavy atom. The molecule has 0 amide bonds. The lowest BCUT2D eigenvalue weighted by Gasteiger charge is -2.50. The molecule has 0 saturated carbocycles. The number of ether oxygens (including phenoxy) is 11. The molecule has 11 heteroatoms. The predicted molar refractivity (Wildman–Crippen MR) is 409 cm³/mol. The molecule has 2 fully saturated rings. The van der Waals surface area contributed by atoms with Gasteiger partial charge in [-0.1, -0.05) is 388 Å². The minimum Gasteiger partial charge on any atom is -0.374 e. The van der Waals surface area contributed by atoms with Gasteiger partial charge in [-0.25, -0.2) is 0 Å². The molecule has 8 rings (SSSR count).